The fraction of sp³-hybridized carbons (Fsp3) is 0.632. The molecule has 0 bridgehead atoms. The molecular formula is C19H30N2O3. The monoisotopic (exact) mass is 334 g/mol. The first kappa shape index (κ1) is 18.6. The fourth-order valence-electron chi connectivity index (χ4n) is 2.86. The molecule has 2 unspecified atom stereocenters. The van der Waals surface area contributed by atoms with Crippen LogP contribution in [0.3, 0.4) is 0 Å². The van der Waals surface area contributed by atoms with Crippen LogP contribution in [-0.4, -0.2) is 48.4 Å². The topological polar surface area (TPSA) is 61.8 Å². The third kappa shape index (κ3) is 5.13. The van der Waals surface area contributed by atoms with Crippen LogP contribution in [0, 0.1) is 5.92 Å². The number of likely N-dealkylation sites (tertiary alicyclic amines) is 1. The van der Waals surface area contributed by atoms with Gasteiger partial charge < -0.3 is 20.1 Å². The molecule has 5 heteroatoms. The van der Waals surface area contributed by atoms with Crippen molar-refractivity contribution in [1.29, 1.82) is 0 Å². The lowest BCUT2D eigenvalue weighted by Gasteiger charge is -2.19. The smallest absolute Gasteiger partial charge is 0.317 e. The maximum atomic E-state index is 12.1. The highest BCUT2D eigenvalue weighted by Crippen LogP contribution is 2.24. The normalized spacial score (nSPS) is 19.2. The van der Waals surface area contributed by atoms with E-state index in [2.05, 4.69) is 38.2 Å². The van der Waals surface area contributed by atoms with E-state index in [4.69, 9.17) is 4.74 Å². The first-order valence-electron chi connectivity index (χ1n) is 8.71. The summed E-state index contributed by atoms with van der Waals surface area (Å²) >= 11 is 0. The molecule has 0 spiro atoms. The molecule has 2 N–H and O–H groups in total. The second-order valence-corrected chi connectivity index (χ2v) is 7.59. The predicted molar refractivity (Wildman–Crippen MR) is 95.4 cm³/mol. The molecule has 24 heavy (non-hydrogen) atoms. The van der Waals surface area contributed by atoms with E-state index in [0.717, 1.165) is 12.2 Å². The number of amides is 2. The van der Waals surface area contributed by atoms with Gasteiger partial charge in [0.05, 0.1) is 12.6 Å². The minimum atomic E-state index is -0.359. The quantitative estimate of drug-likeness (QED) is 0.814. The zero-order valence-corrected chi connectivity index (χ0v) is 15.2. The van der Waals surface area contributed by atoms with Crippen molar-refractivity contribution in [3.63, 3.8) is 0 Å². The number of aliphatic hydroxyl groups excluding tert-OH is 1. The number of nitrogens with one attached hydrogen (secondary N) is 1. The first-order valence-corrected chi connectivity index (χ1v) is 8.71. The van der Waals surface area contributed by atoms with Crippen molar-refractivity contribution >= 4 is 6.03 Å². The molecule has 0 saturated carbocycles. The summed E-state index contributed by atoms with van der Waals surface area (Å²) in [7, 11) is 0. The minimum Gasteiger partial charge on any atom is -0.492 e. The molecule has 0 aliphatic carbocycles. The molecule has 2 atom stereocenters. The highest BCUT2D eigenvalue weighted by molar-refractivity contribution is 5.74. The Morgan fingerprint density at radius 1 is 1.38 bits per heavy atom. The van der Waals surface area contributed by atoms with Gasteiger partial charge >= 0.3 is 6.03 Å². The van der Waals surface area contributed by atoms with Gasteiger partial charge in [-0.15, -0.1) is 0 Å². The number of hydrogen-bond acceptors (Lipinski definition) is 3. The molecule has 2 amide bonds. The number of benzene rings is 1. The summed E-state index contributed by atoms with van der Waals surface area (Å²) in [4.78, 5) is 13.8. The van der Waals surface area contributed by atoms with Gasteiger partial charge in [-0.05, 0) is 36.5 Å². The zero-order chi connectivity index (χ0) is 17.7. The third-order valence-electron chi connectivity index (χ3n) is 4.56. The molecule has 1 aromatic carbocycles. The number of urea groups is 1. The molecule has 1 aliphatic rings. The van der Waals surface area contributed by atoms with Crippen molar-refractivity contribution in [2.45, 2.75) is 45.6 Å². The van der Waals surface area contributed by atoms with Crippen LogP contribution in [0.15, 0.2) is 24.3 Å². The van der Waals surface area contributed by atoms with Crippen LogP contribution in [0.2, 0.25) is 0 Å². The molecule has 134 valence electrons. The summed E-state index contributed by atoms with van der Waals surface area (Å²) in [6, 6.07) is 8.01. The van der Waals surface area contributed by atoms with E-state index < -0.39 is 0 Å². The Hall–Kier alpha value is -1.75. The van der Waals surface area contributed by atoms with E-state index in [-0.39, 0.29) is 23.5 Å². The summed E-state index contributed by atoms with van der Waals surface area (Å²) in [5, 5.41) is 12.5. The number of aliphatic hydroxyl groups is 1. The van der Waals surface area contributed by atoms with Crippen LogP contribution in [-0.2, 0) is 5.41 Å². The number of hydrogen-bond donors (Lipinski definition) is 2. The van der Waals surface area contributed by atoms with Gasteiger partial charge in [0, 0.05) is 19.0 Å². The summed E-state index contributed by atoms with van der Waals surface area (Å²) in [5.41, 5.74) is 1.40. The predicted octanol–water partition coefficient (Wildman–Crippen LogP) is 2.78. The average molecular weight is 334 g/mol. The molecule has 1 heterocycles. The maximum absolute atomic E-state index is 12.1. The highest BCUT2D eigenvalue weighted by atomic mass is 16.5. The van der Waals surface area contributed by atoms with E-state index in [9.17, 15) is 9.90 Å². The van der Waals surface area contributed by atoms with Gasteiger partial charge in [0.1, 0.15) is 12.4 Å². The fourth-order valence-corrected chi connectivity index (χ4v) is 2.86. The average Bonchev–Trinajstić information content (AvgIpc) is 3.01. The molecular weight excluding hydrogens is 304 g/mol. The van der Waals surface area contributed by atoms with Crippen LogP contribution < -0.4 is 10.1 Å². The Morgan fingerprint density at radius 2 is 2.04 bits per heavy atom. The number of rotatable bonds is 5. The van der Waals surface area contributed by atoms with Gasteiger partial charge in [-0.1, -0.05) is 32.9 Å². The van der Waals surface area contributed by atoms with Crippen LogP contribution in [0.25, 0.3) is 0 Å². The van der Waals surface area contributed by atoms with Crippen LogP contribution in [0.4, 0.5) is 4.79 Å². The molecule has 0 radical (unpaired) electrons. The zero-order valence-electron chi connectivity index (χ0n) is 15.2. The lowest BCUT2D eigenvalue weighted by Crippen LogP contribution is -2.40. The van der Waals surface area contributed by atoms with E-state index in [1.54, 1.807) is 11.8 Å². The molecule has 5 nitrogen and oxygen atoms in total. The number of nitrogens with zero attached hydrogens (tertiary/aromatic N) is 1. The van der Waals surface area contributed by atoms with Crippen LogP contribution in [0.1, 0.15) is 39.7 Å². The van der Waals surface area contributed by atoms with Gasteiger partial charge in [-0.2, -0.15) is 0 Å². The SMILES string of the molecule is CC(O)C1CCN(C(=O)NCCOc2ccc(C(C)(C)C)cc2)C1. The van der Waals surface area contributed by atoms with Gasteiger partial charge in [-0.3, -0.25) is 0 Å². The Bertz CT molecular complexity index is 535. The van der Waals surface area contributed by atoms with Crippen LogP contribution >= 0.6 is 0 Å². The second kappa shape index (κ2) is 7.88. The van der Waals surface area contributed by atoms with E-state index in [1.807, 2.05) is 12.1 Å². The number of carbonyl (C=O) groups is 1. The molecule has 2 rings (SSSR count). The van der Waals surface area contributed by atoms with E-state index in [1.165, 1.54) is 5.56 Å². The van der Waals surface area contributed by atoms with Crippen molar-refractivity contribution in [2.24, 2.45) is 5.92 Å². The van der Waals surface area contributed by atoms with Crippen molar-refractivity contribution in [3.05, 3.63) is 29.8 Å². The molecule has 1 aromatic rings. The first-order chi connectivity index (χ1) is 11.3. The minimum absolute atomic E-state index is 0.0789. The van der Waals surface area contributed by atoms with Gasteiger partial charge in [-0.25, -0.2) is 4.79 Å². The summed E-state index contributed by atoms with van der Waals surface area (Å²) in [6.07, 6.45) is 0.504. The molecule has 0 aromatic heterocycles. The van der Waals surface area contributed by atoms with Crippen molar-refractivity contribution in [2.75, 3.05) is 26.2 Å². The Kier molecular flexibility index (Phi) is 6.10. The van der Waals surface area contributed by atoms with E-state index in [0.29, 0.717) is 26.2 Å². The Morgan fingerprint density at radius 3 is 2.58 bits per heavy atom. The van der Waals surface area contributed by atoms with Crippen molar-refractivity contribution < 1.29 is 14.6 Å². The van der Waals surface area contributed by atoms with Crippen molar-refractivity contribution in [3.8, 4) is 5.75 Å². The maximum Gasteiger partial charge on any atom is 0.317 e. The third-order valence-corrected chi connectivity index (χ3v) is 4.56. The second-order valence-electron chi connectivity index (χ2n) is 7.59. The number of ether oxygens (including phenoxy) is 1. The Balaban J connectivity index is 1.69. The largest absolute Gasteiger partial charge is 0.492 e. The summed E-state index contributed by atoms with van der Waals surface area (Å²) in [6.45, 7) is 10.6. The van der Waals surface area contributed by atoms with Crippen molar-refractivity contribution in [1.82, 2.24) is 10.2 Å². The van der Waals surface area contributed by atoms with Gasteiger partial charge in [0.25, 0.3) is 0 Å². The van der Waals surface area contributed by atoms with Gasteiger partial charge in [0.2, 0.25) is 0 Å². The van der Waals surface area contributed by atoms with Crippen LogP contribution in [0.5, 0.6) is 5.75 Å². The molecule has 1 aliphatic heterocycles. The summed E-state index contributed by atoms with van der Waals surface area (Å²) in [5.74, 6) is 1.00. The standard InChI is InChI=1S/C19H30N2O3/c1-14(22)15-9-11-21(13-15)18(23)20-10-12-24-17-7-5-16(6-8-17)19(2,3)4/h5-8,14-15,22H,9-13H2,1-4H3,(H,20,23). The summed E-state index contributed by atoms with van der Waals surface area (Å²) < 4.78 is 5.67. The molecule has 1 fully saturated rings. The van der Waals surface area contributed by atoms with Gasteiger partial charge in [0.15, 0.2) is 0 Å². The lowest BCUT2D eigenvalue weighted by molar-refractivity contribution is 0.129. The highest BCUT2D eigenvalue weighted by Gasteiger charge is 2.28. The number of carbonyl (C=O) groups excluding carboxylic acids is 1. The molecule has 1 saturated heterocycles. The Labute approximate surface area is 145 Å². The van der Waals surface area contributed by atoms with E-state index >= 15 is 0 Å². The lowest BCUT2D eigenvalue weighted by atomic mass is 9.87.